The molecule has 4 rings (SSSR count). The summed E-state index contributed by atoms with van der Waals surface area (Å²) in [7, 11) is 0. The van der Waals surface area contributed by atoms with E-state index < -0.39 is 0 Å². The van der Waals surface area contributed by atoms with Crippen LogP contribution in [0.2, 0.25) is 0 Å². The Labute approximate surface area is 185 Å². The van der Waals surface area contributed by atoms with Crippen molar-refractivity contribution in [2.24, 2.45) is 0 Å². The Hall–Kier alpha value is -3.45. The Bertz CT molecular complexity index is 1160. The maximum atomic E-state index is 12.8. The van der Waals surface area contributed by atoms with E-state index >= 15 is 0 Å². The van der Waals surface area contributed by atoms with Crippen LogP contribution < -0.4 is 5.32 Å². The van der Waals surface area contributed by atoms with Gasteiger partial charge in [-0.3, -0.25) is 14.3 Å². The van der Waals surface area contributed by atoms with E-state index in [9.17, 15) is 4.79 Å². The van der Waals surface area contributed by atoms with Crippen molar-refractivity contribution in [3.63, 3.8) is 0 Å². The van der Waals surface area contributed by atoms with Crippen molar-refractivity contribution in [1.29, 1.82) is 0 Å². The van der Waals surface area contributed by atoms with E-state index in [1.54, 1.807) is 12.4 Å². The number of aromatic nitrogens is 4. The summed E-state index contributed by atoms with van der Waals surface area (Å²) in [6.45, 7) is 4.47. The molecule has 0 aliphatic carbocycles. The first-order valence-corrected chi connectivity index (χ1v) is 10.9. The van der Waals surface area contributed by atoms with Crippen LogP contribution in [0.5, 0.6) is 0 Å². The molecule has 0 unspecified atom stereocenters. The van der Waals surface area contributed by atoms with Gasteiger partial charge in [-0.15, -0.1) is 10.2 Å². The molecule has 0 saturated carbocycles. The van der Waals surface area contributed by atoms with Gasteiger partial charge in [0.1, 0.15) is 0 Å². The van der Waals surface area contributed by atoms with E-state index in [-0.39, 0.29) is 11.2 Å². The molecular formula is C24H23N5OS. The minimum atomic E-state index is -0.344. The number of para-hydroxylation sites is 1. The van der Waals surface area contributed by atoms with Crippen LogP contribution in [0.15, 0.2) is 84.3 Å². The summed E-state index contributed by atoms with van der Waals surface area (Å²) in [5.74, 6) is 0.680. The second-order valence-electron chi connectivity index (χ2n) is 7.18. The maximum absolute atomic E-state index is 12.8. The molecule has 31 heavy (non-hydrogen) atoms. The van der Waals surface area contributed by atoms with Crippen LogP contribution in [0.4, 0.5) is 5.69 Å². The highest BCUT2D eigenvalue weighted by molar-refractivity contribution is 8.00. The molecule has 0 spiro atoms. The van der Waals surface area contributed by atoms with Crippen LogP contribution in [0.3, 0.4) is 0 Å². The molecule has 0 aliphatic heterocycles. The van der Waals surface area contributed by atoms with Gasteiger partial charge < -0.3 is 5.32 Å². The van der Waals surface area contributed by atoms with Crippen molar-refractivity contribution >= 4 is 23.4 Å². The summed E-state index contributed by atoms with van der Waals surface area (Å²) in [6, 6.07) is 21.7. The third kappa shape index (κ3) is 5.00. The van der Waals surface area contributed by atoms with Gasteiger partial charge in [0.2, 0.25) is 5.91 Å². The van der Waals surface area contributed by atoms with Crippen molar-refractivity contribution in [1.82, 2.24) is 19.7 Å². The van der Waals surface area contributed by atoms with Crippen molar-refractivity contribution in [2.75, 3.05) is 5.32 Å². The zero-order valence-electron chi connectivity index (χ0n) is 17.4. The molecular weight excluding hydrogens is 406 g/mol. The highest BCUT2D eigenvalue weighted by atomic mass is 32.2. The quantitative estimate of drug-likeness (QED) is 0.427. The Morgan fingerprint density at radius 1 is 1.00 bits per heavy atom. The van der Waals surface area contributed by atoms with Crippen LogP contribution in [-0.2, 0) is 11.3 Å². The monoisotopic (exact) mass is 429 g/mol. The minimum Gasteiger partial charge on any atom is -0.325 e. The minimum absolute atomic E-state index is 0.0703. The number of rotatable bonds is 7. The molecule has 2 aromatic carbocycles. The molecule has 2 aromatic heterocycles. The molecule has 0 aliphatic rings. The van der Waals surface area contributed by atoms with E-state index in [0.29, 0.717) is 11.7 Å². The average molecular weight is 430 g/mol. The summed E-state index contributed by atoms with van der Waals surface area (Å²) < 4.78 is 2.05. The average Bonchev–Trinajstić information content (AvgIpc) is 3.18. The van der Waals surface area contributed by atoms with Gasteiger partial charge in [-0.25, -0.2) is 0 Å². The van der Waals surface area contributed by atoms with Gasteiger partial charge in [-0.05, 0) is 43.2 Å². The molecule has 0 fully saturated rings. The fraction of sp³-hybridized carbons (Fsp3) is 0.167. The molecule has 7 heteroatoms. The van der Waals surface area contributed by atoms with Crippen LogP contribution in [0.1, 0.15) is 18.1 Å². The summed E-state index contributed by atoms with van der Waals surface area (Å²) >= 11 is 1.40. The number of pyridine rings is 1. The first-order chi connectivity index (χ1) is 15.1. The molecule has 0 radical (unpaired) electrons. The van der Waals surface area contributed by atoms with Gasteiger partial charge in [-0.1, -0.05) is 60.3 Å². The fourth-order valence-electron chi connectivity index (χ4n) is 3.16. The number of nitrogens with zero attached hydrogens (tertiary/aromatic N) is 4. The van der Waals surface area contributed by atoms with E-state index in [4.69, 9.17) is 0 Å². The second-order valence-corrected chi connectivity index (χ2v) is 8.49. The Kier molecular flexibility index (Phi) is 6.43. The lowest BCUT2D eigenvalue weighted by atomic mass is 10.2. The lowest BCUT2D eigenvalue weighted by Gasteiger charge is -2.15. The predicted octanol–water partition coefficient (Wildman–Crippen LogP) is 4.82. The zero-order valence-corrected chi connectivity index (χ0v) is 18.2. The van der Waals surface area contributed by atoms with Crippen molar-refractivity contribution in [3.05, 3.63) is 90.3 Å². The number of nitrogens with one attached hydrogen (secondary N) is 1. The SMILES string of the molecule is Cc1ccccc1NC(=O)[C@@H](C)Sc1nnc(-c2ccncc2)n1Cc1ccccc1. The molecule has 4 aromatic rings. The van der Waals surface area contributed by atoms with E-state index in [1.807, 2.05) is 73.0 Å². The van der Waals surface area contributed by atoms with Gasteiger partial charge >= 0.3 is 0 Å². The number of anilines is 1. The summed E-state index contributed by atoms with van der Waals surface area (Å²) in [4.78, 5) is 16.9. The van der Waals surface area contributed by atoms with Crippen LogP contribution in [-0.4, -0.2) is 30.9 Å². The maximum Gasteiger partial charge on any atom is 0.237 e. The molecule has 0 saturated heterocycles. The fourth-order valence-corrected chi connectivity index (χ4v) is 4.01. The predicted molar refractivity (Wildman–Crippen MR) is 124 cm³/mol. The number of carbonyl (C=O) groups excluding carboxylic acids is 1. The molecule has 2 heterocycles. The van der Waals surface area contributed by atoms with E-state index in [0.717, 1.165) is 28.2 Å². The number of aryl methyl sites for hydroxylation is 1. The number of hydrogen-bond donors (Lipinski definition) is 1. The van der Waals surface area contributed by atoms with Crippen LogP contribution in [0.25, 0.3) is 11.4 Å². The van der Waals surface area contributed by atoms with Crippen molar-refractivity contribution in [3.8, 4) is 11.4 Å². The number of thioether (sulfide) groups is 1. The number of amides is 1. The molecule has 1 N–H and O–H groups in total. The third-order valence-corrected chi connectivity index (χ3v) is 5.97. The molecule has 1 amide bonds. The van der Waals surface area contributed by atoms with Gasteiger partial charge in [0.05, 0.1) is 11.8 Å². The standard InChI is InChI=1S/C24H23N5OS/c1-17-8-6-7-11-21(17)26-23(30)18(2)31-24-28-27-22(20-12-14-25-15-13-20)29(24)16-19-9-4-3-5-10-19/h3-15,18H,16H2,1-2H3,(H,26,30)/t18-/m1/s1. The Morgan fingerprint density at radius 3 is 2.45 bits per heavy atom. The Morgan fingerprint density at radius 2 is 1.71 bits per heavy atom. The van der Waals surface area contributed by atoms with E-state index in [1.165, 1.54) is 11.8 Å². The summed E-state index contributed by atoms with van der Waals surface area (Å²) in [5.41, 5.74) is 3.92. The van der Waals surface area contributed by atoms with Crippen LogP contribution in [0, 0.1) is 6.92 Å². The topological polar surface area (TPSA) is 72.7 Å². The van der Waals surface area contributed by atoms with E-state index in [2.05, 4.69) is 32.6 Å². The highest BCUT2D eigenvalue weighted by Gasteiger charge is 2.21. The lowest BCUT2D eigenvalue weighted by Crippen LogP contribution is -2.23. The first-order valence-electron chi connectivity index (χ1n) is 10.0. The normalized spacial score (nSPS) is 11.8. The van der Waals surface area contributed by atoms with Gasteiger partial charge in [0.25, 0.3) is 0 Å². The summed E-state index contributed by atoms with van der Waals surface area (Å²) in [6.07, 6.45) is 3.48. The molecule has 0 bridgehead atoms. The lowest BCUT2D eigenvalue weighted by molar-refractivity contribution is -0.115. The van der Waals surface area contributed by atoms with Gasteiger partial charge in [-0.2, -0.15) is 0 Å². The molecule has 156 valence electrons. The molecule has 1 atom stereocenters. The smallest absolute Gasteiger partial charge is 0.237 e. The highest BCUT2D eigenvalue weighted by Crippen LogP contribution is 2.28. The zero-order chi connectivity index (χ0) is 21.6. The van der Waals surface area contributed by atoms with Crippen molar-refractivity contribution in [2.45, 2.75) is 30.8 Å². The first kappa shape index (κ1) is 20.8. The number of hydrogen-bond acceptors (Lipinski definition) is 5. The number of benzene rings is 2. The summed E-state index contributed by atoms with van der Waals surface area (Å²) in [5, 5.41) is 12.2. The van der Waals surface area contributed by atoms with Gasteiger partial charge in [0.15, 0.2) is 11.0 Å². The Balaban J connectivity index is 1.59. The largest absolute Gasteiger partial charge is 0.325 e. The van der Waals surface area contributed by atoms with Crippen molar-refractivity contribution < 1.29 is 4.79 Å². The van der Waals surface area contributed by atoms with Crippen LogP contribution >= 0.6 is 11.8 Å². The number of carbonyl (C=O) groups is 1. The van der Waals surface area contributed by atoms with Gasteiger partial charge in [0, 0.05) is 23.6 Å². The third-order valence-electron chi connectivity index (χ3n) is 4.89. The molecule has 6 nitrogen and oxygen atoms in total. The second kappa shape index (κ2) is 9.57.